The number of hydrogen-bond donors (Lipinski definition) is 2. The zero-order valence-corrected chi connectivity index (χ0v) is 13.6. The summed E-state index contributed by atoms with van der Waals surface area (Å²) in [6.45, 7) is 3.33. The number of hydrogen-bond acceptors (Lipinski definition) is 4. The highest BCUT2D eigenvalue weighted by Crippen LogP contribution is 2.24. The fraction of sp³-hybridized carbons (Fsp3) is 0.538. The summed E-state index contributed by atoms with van der Waals surface area (Å²) in [5, 5.41) is 8.82. The van der Waals surface area contributed by atoms with Crippen LogP contribution in [0.15, 0.2) is 17.0 Å². The number of sulfonamides is 1. The van der Waals surface area contributed by atoms with Crippen molar-refractivity contribution in [1.29, 1.82) is 0 Å². The summed E-state index contributed by atoms with van der Waals surface area (Å²) in [5.74, 6) is -0.898. The highest BCUT2D eigenvalue weighted by molar-refractivity contribution is 7.89. The maximum Gasteiger partial charge on any atom is 0.241 e. The van der Waals surface area contributed by atoms with Crippen LogP contribution in [0, 0.1) is 11.7 Å². The third-order valence-corrected chi connectivity index (χ3v) is 4.91. The molecular formula is C13H19ClFNO4S. The minimum Gasteiger partial charge on any atom is -0.392 e. The maximum atomic E-state index is 13.6. The minimum atomic E-state index is -3.94. The molecular weight excluding hydrogens is 321 g/mol. The summed E-state index contributed by atoms with van der Waals surface area (Å²) in [6, 6.07) is 1.53. The van der Waals surface area contributed by atoms with E-state index in [1.165, 1.54) is 7.11 Å². The summed E-state index contributed by atoms with van der Waals surface area (Å²) < 4.78 is 45.7. The lowest BCUT2D eigenvalue weighted by Gasteiger charge is -2.21. The highest BCUT2D eigenvalue weighted by Gasteiger charge is 2.24. The standard InChI is InChI=1S/C13H19ClFNO4S/c1-8(2)12(7-20-3)16-21(18,19)10-4-9(6-17)13(14)11(15)5-10/h4-5,8,12,16-17H,6-7H2,1-3H3. The normalized spacial score (nSPS) is 13.7. The predicted octanol–water partition coefficient (Wildman–Crippen LogP) is 1.92. The number of nitrogens with one attached hydrogen (secondary N) is 1. The fourth-order valence-electron chi connectivity index (χ4n) is 1.70. The van der Waals surface area contributed by atoms with Gasteiger partial charge in [-0.15, -0.1) is 0 Å². The number of benzene rings is 1. The smallest absolute Gasteiger partial charge is 0.241 e. The van der Waals surface area contributed by atoms with Gasteiger partial charge in [-0.25, -0.2) is 17.5 Å². The molecule has 0 aliphatic carbocycles. The second-order valence-corrected chi connectivity index (χ2v) is 7.06. The van der Waals surface area contributed by atoms with Crippen LogP contribution in [0.4, 0.5) is 4.39 Å². The third kappa shape index (κ3) is 4.62. The quantitative estimate of drug-likeness (QED) is 0.795. The van der Waals surface area contributed by atoms with E-state index in [1.807, 2.05) is 13.8 Å². The number of ether oxygens (including phenoxy) is 1. The van der Waals surface area contributed by atoms with Crippen LogP contribution in [0.25, 0.3) is 0 Å². The van der Waals surface area contributed by atoms with Crippen molar-refractivity contribution in [3.8, 4) is 0 Å². The van der Waals surface area contributed by atoms with Crippen molar-refractivity contribution in [3.05, 3.63) is 28.5 Å². The van der Waals surface area contributed by atoms with Gasteiger partial charge in [0.25, 0.3) is 0 Å². The predicted molar refractivity (Wildman–Crippen MR) is 78.2 cm³/mol. The SMILES string of the molecule is COCC(NS(=O)(=O)c1cc(F)c(Cl)c(CO)c1)C(C)C. The molecule has 0 radical (unpaired) electrons. The van der Waals surface area contributed by atoms with Gasteiger partial charge in [-0.05, 0) is 18.1 Å². The first-order valence-electron chi connectivity index (χ1n) is 6.33. The molecule has 0 aliphatic heterocycles. The van der Waals surface area contributed by atoms with Gasteiger partial charge in [0, 0.05) is 18.7 Å². The lowest BCUT2D eigenvalue weighted by Crippen LogP contribution is -2.41. The molecule has 0 saturated carbocycles. The molecule has 2 N–H and O–H groups in total. The summed E-state index contributed by atoms with van der Waals surface area (Å²) >= 11 is 5.65. The first kappa shape index (κ1) is 18.3. The van der Waals surface area contributed by atoms with Crippen LogP contribution in [-0.4, -0.2) is 33.3 Å². The Labute approximate surface area is 129 Å². The molecule has 0 bridgehead atoms. The van der Waals surface area contributed by atoms with E-state index >= 15 is 0 Å². The van der Waals surface area contributed by atoms with E-state index in [0.29, 0.717) is 0 Å². The Hall–Kier alpha value is -0.730. The second kappa shape index (κ2) is 7.51. The van der Waals surface area contributed by atoms with Crippen molar-refractivity contribution < 1.29 is 22.7 Å². The number of aliphatic hydroxyl groups excluding tert-OH is 1. The number of rotatable bonds is 7. The molecule has 21 heavy (non-hydrogen) atoms. The van der Waals surface area contributed by atoms with Crippen LogP contribution in [0.5, 0.6) is 0 Å². The molecule has 120 valence electrons. The first-order valence-corrected chi connectivity index (χ1v) is 8.19. The van der Waals surface area contributed by atoms with Gasteiger partial charge in [0.2, 0.25) is 10.0 Å². The van der Waals surface area contributed by atoms with Gasteiger partial charge < -0.3 is 9.84 Å². The van der Waals surface area contributed by atoms with Crippen molar-refractivity contribution >= 4 is 21.6 Å². The van der Waals surface area contributed by atoms with Crippen LogP contribution in [0.3, 0.4) is 0 Å². The molecule has 1 unspecified atom stereocenters. The molecule has 8 heteroatoms. The van der Waals surface area contributed by atoms with Gasteiger partial charge in [0.1, 0.15) is 5.82 Å². The summed E-state index contributed by atoms with van der Waals surface area (Å²) in [6.07, 6.45) is 0. The largest absolute Gasteiger partial charge is 0.392 e. The Morgan fingerprint density at radius 1 is 1.43 bits per heavy atom. The van der Waals surface area contributed by atoms with Gasteiger partial charge in [0.05, 0.1) is 23.1 Å². The van der Waals surface area contributed by atoms with Crippen molar-refractivity contribution in [2.45, 2.75) is 31.4 Å². The molecule has 0 fully saturated rings. The maximum absolute atomic E-state index is 13.6. The van der Waals surface area contributed by atoms with Crippen LogP contribution >= 0.6 is 11.6 Å². The molecule has 1 atom stereocenters. The van der Waals surface area contributed by atoms with Gasteiger partial charge in [0.15, 0.2) is 0 Å². The van der Waals surface area contributed by atoms with Crippen LogP contribution in [-0.2, 0) is 21.4 Å². The van der Waals surface area contributed by atoms with Gasteiger partial charge >= 0.3 is 0 Å². The lowest BCUT2D eigenvalue weighted by atomic mass is 10.1. The van der Waals surface area contributed by atoms with E-state index in [-0.39, 0.29) is 28.0 Å². The number of halogens is 2. The molecule has 1 rings (SSSR count). The van der Waals surface area contributed by atoms with Crippen LogP contribution < -0.4 is 4.72 Å². The van der Waals surface area contributed by atoms with Gasteiger partial charge in [-0.3, -0.25) is 0 Å². The molecule has 1 aromatic rings. The highest BCUT2D eigenvalue weighted by atomic mass is 35.5. The monoisotopic (exact) mass is 339 g/mol. The van der Waals surface area contributed by atoms with Crippen LogP contribution in [0.1, 0.15) is 19.4 Å². The van der Waals surface area contributed by atoms with Crippen molar-refractivity contribution in [3.63, 3.8) is 0 Å². The first-order chi connectivity index (χ1) is 9.72. The lowest BCUT2D eigenvalue weighted by molar-refractivity contribution is 0.157. The zero-order chi connectivity index (χ0) is 16.2. The van der Waals surface area contributed by atoms with E-state index in [2.05, 4.69) is 4.72 Å². The van der Waals surface area contributed by atoms with E-state index in [9.17, 15) is 12.8 Å². The van der Waals surface area contributed by atoms with E-state index in [4.69, 9.17) is 21.4 Å². The van der Waals surface area contributed by atoms with Crippen molar-refractivity contribution in [2.24, 2.45) is 5.92 Å². The topological polar surface area (TPSA) is 75.6 Å². The summed E-state index contributed by atoms with van der Waals surface area (Å²) in [4.78, 5) is -0.282. The molecule has 0 aromatic heterocycles. The van der Waals surface area contributed by atoms with Crippen molar-refractivity contribution in [2.75, 3.05) is 13.7 Å². The average molecular weight is 340 g/mol. The van der Waals surface area contributed by atoms with E-state index in [1.54, 1.807) is 0 Å². The van der Waals surface area contributed by atoms with E-state index in [0.717, 1.165) is 12.1 Å². The Bertz CT molecular complexity index is 592. The molecule has 0 aliphatic rings. The Morgan fingerprint density at radius 3 is 2.52 bits per heavy atom. The molecule has 0 amide bonds. The molecule has 0 heterocycles. The minimum absolute atomic E-state index is 0.00538. The molecule has 0 saturated heterocycles. The molecule has 1 aromatic carbocycles. The number of aliphatic hydroxyl groups is 1. The zero-order valence-electron chi connectivity index (χ0n) is 12.1. The molecule has 5 nitrogen and oxygen atoms in total. The van der Waals surface area contributed by atoms with Gasteiger partial charge in [-0.1, -0.05) is 25.4 Å². The van der Waals surface area contributed by atoms with Crippen molar-refractivity contribution in [1.82, 2.24) is 4.72 Å². The number of methoxy groups -OCH3 is 1. The third-order valence-electron chi connectivity index (χ3n) is 3.02. The van der Waals surface area contributed by atoms with Gasteiger partial charge in [-0.2, -0.15) is 0 Å². The van der Waals surface area contributed by atoms with E-state index < -0.39 is 28.5 Å². The molecule has 0 spiro atoms. The summed E-state index contributed by atoms with van der Waals surface area (Å²) in [7, 11) is -2.47. The Kier molecular flexibility index (Phi) is 6.55. The van der Waals surface area contributed by atoms with Crippen LogP contribution in [0.2, 0.25) is 5.02 Å². The Balaban J connectivity index is 3.16. The second-order valence-electron chi connectivity index (χ2n) is 4.96. The Morgan fingerprint density at radius 2 is 2.05 bits per heavy atom. The average Bonchev–Trinajstić information content (AvgIpc) is 2.40. The fourth-order valence-corrected chi connectivity index (χ4v) is 3.30. The summed E-state index contributed by atoms with van der Waals surface area (Å²) in [5.41, 5.74) is 0.0184.